The van der Waals surface area contributed by atoms with E-state index >= 15 is 0 Å². The molecule has 76 valence electrons. The normalized spacial score (nSPS) is 20.4. The molecule has 2 heterocycles. The van der Waals surface area contributed by atoms with Crippen molar-refractivity contribution < 1.29 is 4.79 Å². The van der Waals surface area contributed by atoms with Crippen molar-refractivity contribution in [1.29, 1.82) is 0 Å². The van der Waals surface area contributed by atoms with E-state index in [0.29, 0.717) is 0 Å². The summed E-state index contributed by atoms with van der Waals surface area (Å²) in [4.78, 5) is 13.4. The number of hydrogen-bond donors (Lipinski definition) is 1. The zero-order valence-corrected chi connectivity index (χ0v) is 8.53. The summed E-state index contributed by atoms with van der Waals surface area (Å²) in [5.74, 6) is 0. The van der Waals surface area contributed by atoms with E-state index in [-0.39, 0.29) is 12.1 Å². The van der Waals surface area contributed by atoms with Gasteiger partial charge in [-0.05, 0) is 19.1 Å². The molecule has 1 aliphatic heterocycles. The highest BCUT2D eigenvalue weighted by Gasteiger charge is 2.26. The predicted molar refractivity (Wildman–Crippen MR) is 54.0 cm³/mol. The second kappa shape index (κ2) is 3.36. The Morgan fingerprint density at radius 1 is 1.57 bits per heavy atom. The van der Waals surface area contributed by atoms with Crippen LogP contribution in [0.4, 0.5) is 4.79 Å². The molecule has 0 saturated heterocycles. The van der Waals surface area contributed by atoms with Crippen LogP contribution in [0.5, 0.6) is 0 Å². The average Bonchev–Trinajstić information content (AvgIpc) is 2.66. The van der Waals surface area contributed by atoms with Crippen LogP contribution in [0.15, 0.2) is 18.3 Å². The maximum atomic E-state index is 11.5. The van der Waals surface area contributed by atoms with Crippen molar-refractivity contribution in [3.63, 3.8) is 0 Å². The van der Waals surface area contributed by atoms with Gasteiger partial charge in [-0.2, -0.15) is 0 Å². The number of fused-ring (bicyclic) bond motifs is 1. The number of amides is 2. The largest absolute Gasteiger partial charge is 0.348 e. The van der Waals surface area contributed by atoms with Crippen molar-refractivity contribution in [3.05, 3.63) is 24.0 Å². The van der Waals surface area contributed by atoms with Crippen molar-refractivity contribution in [2.75, 3.05) is 13.6 Å². The first-order chi connectivity index (χ1) is 6.74. The third kappa shape index (κ3) is 1.27. The van der Waals surface area contributed by atoms with Crippen molar-refractivity contribution >= 4 is 6.03 Å². The molecule has 1 aromatic rings. The van der Waals surface area contributed by atoms with Crippen molar-refractivity contribution in [2.45, 2.75) is 19.5 Å². The molecule has 14 heavy (non-hydrogen) atoms. The Balaban J connectivity index is 2.25. The highest BCUT2D eigenvalue weighted by Crippen LogP contribution is 2.24. The Hall–Kier alpha value is -1.45. The van der Waals surface area contributed by atoms with Gasteiger partial charge in [0.15, 0.2) is 0 Å². The Morgan fingerprint density at radius 3 is 3.07 bits per heavy atom. The molecule has 0 fully saturated rings. The van der Waals surface area contributed by atoms with Gasteiger partial charge in [0.25, 0.3) is 0 Å². The zero-order chi connectivity index (χ0) is 10.1. The van der Waals surface area contributed by atoms with Gasteiger partial charge in [0.05, 0.1) is 6.04 Å². The average molecular weight is 193 g/mol. The summed E-state index contributed by atoms with van der Waals surface area (Å²) in [5.41, 5.74) is 1.21. The molecule has 0 bridgehead atoms. The minimum atomic E-state index is 0.00458. The Bertz CT molecular complexity index is 345. The minimum absolute atomic E-state index is 0.00458. The summed E-state index contributed by atoms with van der Waals surface area (Å²) in [6.07, 6.45) is 2.06. The molecule has 1 atom stereocenters. The van der Waals surface area contributed by atoms with Crippen LogP contribution < -0.4 is 5.32 Å². The summed E-state index contributed by atoms with van der Waals surface area (Å²) in [7, 11) is 1.67. The number of carbonyl (C=O) groups excluding carboxylic acids is 1. The fourth-order valence-electron chi connectivity index (χ4n) is 2.00. The van der Waals surface area contributed by atoms with Crippen LogP contribution in [-0.2, 0) is 6.54 Å². The molecule has 2 amide bonds. The maximum absolute atomic E-state index is 11.5. The van der Waals surface area contributed by atoms with Gasteiger partial charge in [-0.15, -0.1) is 0 Å². The van der Waals surface area contributed by atoms with E-state index in [1.54, 1.807) is 7.05 Å². The number of nitrogens with one attached hydrogen (secondary N) is 1. The standard InChI is InChI=1S/C10H15N3O/c1-8-9-4-3-5-12(9)6-7-13(8)10(14)11-2/h3-5,8H,6-7H2,1-2H3,(H,11,14)/t8-/m0/s1. The van der Waals surface area contributed by atoms with E-state index < -0.39 is 0 Å². The molecule has 0 unspecified atom stereocenters. The summed E-state index contributed by atoms with van der Waals surface area (Å²) in [6.45, 7) is 3.73. The molecular weight excluding hydrogens is 178 g/mol. The summed E-state index contributed by atoms with van der Waals surface area (Å²) < 4.78 is 2.20. The SMILES string of the molecule is CNC(=O)N1CCn2cccc2[C@@H]1C. The summed E-state index contributed by atoms with van der Waals surface area (Å²) >= 11 is 0. The lowest BCUT2D eigenvalue weighted by molar-refractivity contribution is 0.164. The number of nitrogens with zero attached hydrogens (tertiary/aromatic N) is 2. The minimum Gasteiger partial charge on any atom is -0.348 e. The molecule has 0 saturated carbocycles. The van der Waals surface area contributed by atoms with Crippen LogP contribution >= 0.6 is 0 Å². The monoisotopic (exact) mass is 193 g/mol. The second-order valence-corrected chi connectivity index (χ2v) is 3.55. The van der Waals surface area contributed by atoms with Crippen molar-refractivity contribution in [2.24, 2.45) is 0 Å². The van der Waals surface area contributed by atoms with Gasteiger partial charge in [0, 0.05) is 32.0 Å². The van der Waals surface area contributed by atoms with Crippen LogP contribution in [-0.4, -0.2) is 29.1 Å². The van der Waals surface area contributed by atoms with Gasteiger partial charge in [-0.3, -0.25) is 0 Å². The number of carbonyl (C=O) groups is 1. The number of aromatic nitrogens is 1. The van der Waals surface area contributed by atoms with E-state index in [1.807, 2.05) is 11.0 Å². The molecule has 2 rings (SSSR count). The van der Waals surface area contributed by atoms with Crippen molar-refractivity contribution in [3.8, 4) is 0 Å². The van der Waals surface area contributed by atoms with Crippen LogP contribution in [0.3, 0.4) is 0 Å². The number of rotatable bonds is 0. The van der Waals surface area contributed by atoms with E-state index in [2.05, 4.69) is 29.1 Å². The third-order valence-corrected chi connectivity index (χ3v) is 2.82. The van der Waals surface area contributed by atoms with Gasteiger partial charge in [0.2, 0.25) is 0 Å². The molecule has 1 N–H and O–H groups in total. The topological polar surface area (TPSA) is 37.3 Å². The third-order valence-electron chi connectivity index (χ3n) is 2.82. The van der Waals surface area contributed by atoms with Crippen LogP contribution in [0.25, 0.3) is 0 Å². The quantitative estimate of drug-likeness (QED) is 0.660. The molecule has 1 aromatic heterocycles. The lowest BCUT2D eigenvalue weighted by Gasteiger charge is -2.34. The summed E-state index contributed by atoms with van der Waals surface area (Å²) in [6, 6.07) is 4.27. The van der Waals surface area contributed by atoms with E-state index in [0.717, 1.165) is 13.1 Å². The molecule has 4 heteroatoms. The second-order valence-electron chi connectivity index (χ2n) is 3.55. The van der Waals surface area contributed by atoms with Crippen molar-refractivity contribution in [1.82, 2.24) is 14.8 Å². The molecule has 0 radical (unpaired) electrons. The summed E-state index contributed by atoms with van der Waals surface area (Å²) in [5, 5.41) is 2.67. The van der Waals surface area contributed by atoms with Crippen LogP contribution in [0.2, 0.25) is 0 Å². The Labute approximate surface area is 83.5 Å². The zero-order valence-electron chi connectivity index (χ0n) is 8.53. The van der Waals surface area contributed by atoms with Gasteiger partial charge in [-0.1, -0.05) is 0 Å². The van der Waals surface area contributed by atoms with Gasteiger partial charge in [-0.25, -0.2) is 4.79 Å². The lowest BCUT2D eigenvalue weighted by Crippen LogP contribution is -2.44. The first kappa shape index (κ1) is 9.12. The first-order valence-electron chi connectivity index (χ1n) is 4.87. The maximum Gasteiger partial charge on any atom is 0.317 e. The highest BCUT2D eigenvalue weighted by molar-refractivity contribution is 5.74. The lowest BCUT2D eigenvalue weighted by atomic mass is 10.1. The Morgan fingerprint density at radius 2 is 2.36 bits per heavy atom. The van der Waals surface area contributed by atoms with Gasteiger partial charge >= 0.3 is 6.03 Å². The van der Waals surface area contributed by atoms with Gasteiger partial charge < -0.3 is 14.8 Å². The number of hydrogen-bond acceptors (Lipinski definition) is 1. The smallest absolute Gasteiger partial charge is 0.317 e. The fourth-order valence-corrected chi connectivity index (χ4v) is 2.00. The molecule has 0 spiro atoms. The van der Waals surface area contributed by atoms with Gasteiger partial charge in [0.1, 0.15) is 0 Å². The molecular formula is C10H15N3O. The van der Waals surface area contributed by atoms with E-state index in [1.165, 1.54) is 5.69 Å². The number of urea groups is 1. The van der Waals surface area contributed by atoms with Crippen LogP contribution in [0, 0.1) is 0 Å². The molecule has 4 nitrogen and oxygen atoms in total. The molecule has 1 aliphatic rings. The predicted octanol–water partition coefficient (Wildman–Crippen LogP) is 1.20. The van der Waals surface area contributed by atoms with Crippen LogP contribution in [0.1, 0.15) is 18.7 Å². The fraction of sp³-hybridized carbons (Fsp3) is 0.500. The molecule has 0 aromatic carbocycles. The van der Waals surface area contributed by atoms with E-state index in [4.69, 9.17) is 0 Å². The molecule has 0 aliphatic carbocycles. The van der Waals surface area contributed by atoms with E-state index in [9.17, 15) is 4.79 Å². The highest BCUT2D eigenvalue weighted by atomic mass is 16.2. The first-order valence-corrected chi connectivity index (χ1v) is 4.87. The Kier molecular flexibility index (Phi) is 2.19.